The fourth-order valence-electron chi connectivity index (χ4n) is 2.44. The lowest BCUT2D eigenvalue weighted by molar-refractivity contribution is 0.440. The first-order valence-corrected chi connectivity index (χ1v) is 8.26. The number of halogens is 2. The minimum Gasteiger partial charge on any atom is -0.345 e. The molecule has 122 valence electrons. The Balaban J connectivity index is 2.15. The van der Waals surface area contributed by atoms with Crippen LogP contribution in [0.3, 0.4) is 0 Å². The van der Waals surface area contributed by atoms with Gasteiger partial charge in [0.2, 0.25) is 0 Å². The molecule has 2 nitrogen and oxygen atoms in total. The summed E-state index contributed by atoms with van der Waals surface area (Å²) in [6.07, 6.45) is 0. The van der Waals surface area contributed by atoms with E-state index in [1.54, 1.807) is 6.07 Å². The molecular formula is C18H20ClFN2S. The molecule has 0 bridgehead atoms. The summed E-state index contributed by atoms with van der Waals surface area (Å²) in [5.41, 5.74) is 3.85. The molecule has 1 N–H and O–H groups in total. The van der Waals surface area contributed by atoms with Crippen molar-refractivity contribution in [2.24, 2.45) is 0 Å². The summed E-state index contributed by atoms with van der Waals surface area (Å²) < 4.78 is 13.3. The van der Waals surface area contributed by atoms with Gasteiger partial charge in [0, 0.05) is 13.1 Å². The average Bonchev–Trinajstić information content (AvgIpc) is 2.48. The average molecular weight is 351 g/mol. The van der Waals surface area contributed by atoms with Crippen LogP contribution in [0.15, 0.2) is 36.4 Å². The third-order valence-electron chi connectivity index (χ3n) is 3.60. The lowest BCUT2D eigenvalue weighted by atomic mass is 10.1. The van der Waals surface area contributed by atoms with Gasteiger partial charge in [-0.2, -0.15) is 0 Å². The molecule has 0 aliphatic heterocycles. The smallest absolute Gasteiger partial charge is 0.173 e. The SMILES string of the molecule is CCN(Cc1cccc(F)c1)C(=S)Nc1c(C)cc(C)cc1Cl. The van der Waals surface area contributed by atoms with E-state index in [0.29, 0.717) is 23.2 Å². The van der Waals surface area contributed by atoms with Crippen molar-refractivity contribution in [3.8, 4) is 0 Å². The van der Waals surface area contributed by atoms with Gasteiger partial charge in [0.1, 0.15) is 5.82 Å². The summed E-state index contributed by atoms with van der Waals surface area (Å²) in [6, 6.07) is 10.5. The molecule has 0 aliphatic rings. The molecule has 0 unspecified atom stereocenters. The minimum atomic E-state index is -0.241. The van der Waals surface area contributed by atoms with E-state index < -0.39 is 0 Å². The van der Waals surface area contributed by atoms with Gasteiger partial charge in [-0.1, -0.05) is 29.8 Å². The Hall–Kier alpha value is -1.65. The molecule has 0 heterocycles. The van der Waals surface area contributed by atoms with Crippen molar-refractivity contribution >= 4 is 34.6 Å². The second-order valence-electron chi connectivity index (χ2n) is 5.51. The van der Waals surface area contributed by atoms with Crippen LogP contribution in [0, 0.1) is 19.7 Å². The summed E-state index contributed by atoms with van der Waals surface area (Å²) in [4.78, 5) is 1.97. The number of nitrogens with zero attached hydrogens (tertiary/aromatic N) is 1. The zero-order chi connectivity index (χ0) is 17.0. The number of nitrogens with one attached hydrogen (secondary N) is 1. The van der Waals surface area contributed by atoms with Crippen molar-refractivity contribution in [1.29, 1.82) is 0 Å². The van der Waals surface area contributed by atoms with Crippen LogP contribution in [0.2, 0.25) is 5.02 Å². The van der Waals surface area contributed by atoms with E-state index in [-0.39, 0.29) is 5.82 Å². The molecule has 2 aromatic carbocycles. The van der Waals surface area contributed by atoms with Gasteiger partial charge in [0.15, 0.2) is 5.11 Å². The summed E-state index contributed by atoms with van der Waals surface area (Å²) >= 11 is 11.8. The highest BCUT2D eigenvalue weighted by Gasteiger charge is 2.12. The van der Waals surface area contributed by atoms with Crippen LogP contribution in [-0.2, 0) is 6.54 Å². The van der Waals surface area contributed by atoms with Crippen LogP contribution >= 0.6 is 23.8 Å². The van der Waals surface area contributed by atoms with Gasteiger partial charge in [-0.3, -0.25) is 0 Å². The molecule has 0 atom stereocenters. The Morgan fingerprint density at radius 1 is 1.26 bits per heavy atom. The van der Waals surface area contributed by atoms with Crippen LogP contribution in [0.25, 0.3) is 0 Å². The van der Waals surface area contributed by atoms with Gasteiger partial charge < -0.3 is 10.2 Å². The highest BCUT2D eigenvalue weighted by atomic mass is 35.5. The fraction of sp³-hybridized carbons (Fsp3) is 0.278. The predicted octanol–water partition coefficient (Wildman–Crippen LogP) is 5.31. The number of benzene rings is 2. The highest BCUT2D eigenvalue weighted by molar-refractivity contribution is 7.80. The number of rotatable bonds is 4. The Kier molecular flexibility index (Phi) is 5.97. The maximum absolute atomic E-state index is 13.3. The number of anilines is 1. The molecule has 5 heteroatoms. The maximum atomic E-state index is 13.3. The van der Waals surface area contributed by atoms with Crippen LogP contribution in [-0.4, -0.2) is 16.6 Å². The molecular weight excluding hydrogens is 331 g/mol. The number of hydrogen-bond donors (Lipinski definition) is 1. The Bertz CT molecular complexity index is 695. The van der Waals surface area contributed by atoms with Gasteiger partial charge in [-0.25, -0.2) is 4.39 Å². The normalized spacial score (nSPS) is 10.5. The molecule has 0 aromatic heterocycles. The summed E-state index contributed by atoms with van der Waals surface area (Å²) in [5, 5.41) is 4.44. The predicted molar refractivity (Wildman–Crippen MR) is 99.6 cm³/mol. The van der Waals surface area contributed by atoms with E-state index >= 15 is 0 Å². The van der Waals surface area contributed by atoms with Crippen molar-refractivity contribution in [2.45, 2.75) is 27.3 Å². The van der Waals surface area contributed by atoms with Gasteiger partial charge in [0.25, 0.3) is 0 Å². The monoisotopic (exact) mass is 350 g/mol. The van der Waals surface area contributed by atoms with Gasteiger partial charge in [-0.15, -0.1) is 0 Å². The quantitative estimate of drug-likeness (QED) is 0.752. The first kappa shape index (κ1) is 17.7. The second kappa shape index (κ2) is 7.75. The van der Waals surface area contributed by atoms with E-state index in [1.807, 2.05) is 37.8 Å². The standard InChI is InChI=1S/C18H20ClFN2S/c1-4-22(11-14-6-5-7-15(20)10-14)18(23)21-17-13(3)8-12(2)9-16(17)19/h5-10H,4,11H2,1-3H3,(H,21,23). The topological polar surface area (TPSA) is 15.3 Å². The van der Waals surface area contributed by atoms with Crippen molar-refractivity contribution < 1.29 is 4.39 Å². The van der Waals surface area contributed by atoms with Crippen molar-refractivity contribution in [3.63, 3.8) is 0 Å². The molecule has 23 heavy (non-hydrogen) atoms. The van der Waals surface area contributed by atoms with Crippen molar-refractivity contribution in [3.05, 3.63) is 63.9 Å². The number of thiocarbonyl (C=S) groups is 1. The lowest BCUT2D eigenvalue weighted by Crippen LogP contribution is -2.34. The van der Waals surface area contributed by atoms with Crippen LogP contribution < -0.4 is 5.32 Å². The van der Waals surface area contributed by atoms with Crippen molar-refractivity contribution in [2.75, 3.05) is 11.9 Å². The van der Waals surface area contributed by atoms with Crippen molar-refractivity contribution in [1.82, 2.24) is 4.90 Å². The van der Waals surface area contributed by atoms with Crippen LogP contribution in [0.1, 0.15) is 23.6 Å². The molecule has 0 aliphatic carbocycles. The molecule has 0 spiro atoms. The lowest BCUT2D eigenvalue weighted by Gasteiger charge is -2.25. The van der Waals surface area contributed by atoms with Crippen LogP contribution in [0.5, 0.6) is 0 Å². The van der Waals surface area contributed by atoms with Gasteiger partial charge in [0.05, 0.1) is 10.7 Å². The first-order valence-electron chi connectivity index (χ1n) is 7.47. The third kappa shape index (κ3) is 4.66. The van der Waals surface area contributed by atoms with E-state index in [9.17, 15) is 4.39 Å². The molecule has 0 radical (unpaired) electrons. The molecule has 2 rings (SSSR count). The first-order chi connectivity index (χ1) is 10.9. The largest absolute Gasteiger partial charge is 0.345 e. The van der Waals surface area contributed by atoms with E-state index in [0.717, 1.165) is 22.4 Å². The Morgan fingerprint density at radius 2 is 2.00 bits per heavy atom. The van der Waals surface area contributed by atoms with E-state index in [2.05, 4.69) is 11.4 Å². The summed E-state index contributed by atoms with van der Waals surface area (Å²) in [6.45, 7) is 7.26. The van der Waals surface area contributed by atoms with E-state index in [4.69, 9.17) is 23.8 Å². The summed E-state index contributed by atoms with van der Waals surface area (Å²) in [7, 11) is 0. The van der Waals surface area contributed by atoms with Gasteiger partial charge >= 0.3 is 0 Å². The minimum absolute atomic E-state index is 0.241. The zero-order valence-corrected chi connectivity index (χ0v) is 15.1. The van der Waals surface area contributed by atoms with E-state index in [1.165, 1.54) is 12.1 Å². The number of hydrogen-bond acceptors (Lipinski definition) is 1. The molecule has 0 amide bonds. The third-order valence-corrected chi connectivity index (χ3v) is 4.25. The second-order valence-corrected chi connectivity index (χ2v) is 6.31. The zero-order valence-electron chi connectivity index (χ0n) is 13.5. The van der Waals surface area contributed by atoms with Crippen LogP contribution in [0.4, 0.5) is 10.1 Å². The molecule has 0 saturated carbocycles. The molecule has 0 saturated heterocycles. The Labute approximate surface area is 147 Å². The Morgan fingerprint density at radius 3 is 2.61 bits per heavy atom. The number of aryl methyl sites for hydroxylation is 2. The maximum Gasteiger partial charge on any atom is 0.173 e. The highest BCUT2D eigenvalue weighted by Crippen LogP contribution is 2.27. The molecule has 0 fully saturated rings. The fourth-order valence-corrected chi connectivity index (χ4v) is 3.11. The summed E-state index contributed by atoms with van der Waals surface area (Å²) in [5.74, 6) is -0.241. The molecule has 2 aromatic rings. The van der Waals surface area contributed by atoms with Gasteiger partial charge in [-0.05, 0) is 67.9 Å².